The van der Waals surface area contributed by atoms with Crippen molar-refractivity contribution >= 4 is 52.0 Å². The number of hydrogen-bond donors (Lipinski definition) is 6. The molecule has 15 heteroatoms. The highest BCUT2D eigenvalue weighted by molar-refractivity contribution is 7.99. The van der Waals surface area contributed by atoms with E-state index in [1.54, 1.807) is 25.4 Å². The van der Waals surface area contributed by atoms with Crippen LogP contribution in [0.25, 0.3) is 22.0 Å². The number of aromatic amines is 1. The van der Waals surface area contributed by atoms with Gasteiger partial charge in [0, 0.05) is 60.5 Å². The first-order valence-corrected chi connectivity index (χ1v) is 19.8. The molecule has 0 bridgehead atoms. The van der Waals surface area contributed by atoms with E-state index in [0.29, 0.717) is 60.8 Å². The van der Waals surface area contributed by atoms with Crippen molar-refractivity contribution in [2.75, 3.05) is 20.1 Å². The number of benzene rings is 2. The number of rotatable bonds is 20. The number of nitrogens with one attached hydrogen (secondary N) is 3. The fraction of sp³-hybridized carbons (Fsp3) is 0.341. The predicted octanol–water partition coefficient (Wildman–Crippen LogP) is 5.24. The van der Waals surface area contributed by atoms with Crippen LogP contribution in [0, 0.1) is 12.9 Å². The third-order valence-electron chi connectivity index (χ3n) is 9.68. The number of carbonyl (C=O) groups is 3. The molecule has 3 atom stereocenters. The van der Waals surface area contributed by atoms with Crippen molar-refractivity contribution in [2.45, 2.75) is 80.0 Å². The summed E-state index contributed by atoms with van der Waals surface area (Å²) in [7, 11) is 1.54. The van der Waals surface area contributed by atoms with Crippen LogP contribution in [0.4, 0.5) is 4.39 Å². The zero-order chi connectivity index (χ0) is 40.2. The maximum absolute atomic E-state index is 14.1. The molecule has 0 aliphatic heterocycles. The molecule has 0 spiro atoms. The number of likely N-dealkylation sites (N-methyl/N-ethyl adjacent to an activating group) is 1. The van der Waals surface area contributed by atoms with Crippen LogP contribution in [0.5, 0.6) is 0 Å². The van der Waals surface area contributed by atoms with Gasteiger partial charge in [-0.25, -0.2) is 9.97 Å². The highest BCUT2D eigenvalue weighted by Crippen LogP contribution is 2.39. The van der Waals surface area contributed by atoms with Crippen LogP contribution in [0.15, 0.2) is 89.2 Å². The Labute approximate surface area is 335 Å². The second-order valence-electron chi connectivity index (χ2n) is 13.7. The number of carbonyl (C=O) groups excluding carboxylic acids is 3. The summed E-state index contributed by atoms with van der Waals surface area (Å²) in [5.41, 5.74) is 22.4. The molecule has 12 nitrogen and oxygen atoms in total. The highest BCUT2D eigenvalue weighted by atomic mass is 35.5. The van der Waals surface area contributed by atoms with E-state index in [9.17, 15) is 18.8 Å². The number of fused-ring (bicyclic) bond motifs is 1. The van der Waals surface area contributed by atoms with Crippen molar-refractivity contribution in [1.82, 2.24) is 30.5 Å². The highest BCUT2D eigenvalue weighted by Gasteiger charge is 2.33. The van der Waals surface area contributed by atoms with Crippen LogP contribution in [0.2, 0.25) is 5.02 Å². The lowest BCUT2D eigenvalue weighted by atomic mass is 10.0. The van der Waals surface area contributed by atoms with E-state index in [1.807, 2.05) is 55.6 Å². The third kappa shape index (κ3) is 10.9. The third-order valence-corrected chi connectivity index (χ3v) is 11.4. The minimum atomic E-state index is -0.949. The number of amides is 3. The number of nitrogens with two attached hydrogens (primary N) is 3. The fourth-order valence-corrected chi connectivity index (χ4v) is 7.93. The van der Waals surface area contributed by atoms with Crippen molar-refractivity contribution in [3.63, 3.8) is 0 Å². The maximum Gasteiger partial charge on any atom is 0.245 e. The average Bonchev–Trinajstić information content (AvgIpc) is 3.60. The van der Waals surface area contributed by atoms with E-state index in [-0.39, 0.29) is 18.9 Å². The van der Waals surface area contributed by atoms with E-state index in [0.717, 1.165) is 38.1 Å². The average molecular weight is 802 g/mol. The summed E-state index contributed by atoms with van der Waals surface area (Å²) in [6, 6.07) is 15.7. The van der Waals surface area contributed by atoms with Gasteiger partial charge in [-0.1, -0.05) is 53.7 Å². The van der Waals surface area contributed by atoms with Gasteiger partial charge < -0.3 is 37.7 Å². The number of halogens is 2. The van der Waals surface area contributed by atoms with Gasteiger partial charge in [-0.15, -0.1) is 0 Å². The lowest BCUT2D eigenvalue weighted by Crippen LogP contribution is -2.56. The summed E-state index contributed by atoms with van der Waals surface area (Å²) in [6.07, 6.45) is 7.66. The topological polar surface area (TPSA) is 198 Å². The fourth-order valence-electron chi connectivity index (χ4n) is 6.60. The lowest BCUT2D eigenvalue weighted by Gasteiger charge is -2.31. The van der Waals surface area contributed by atoms with Crippen LogP contribution in [0.1, 0.15) is 48.8 Å². The molecule has 0 unspecified atom stereocenters. The smallest absolute Gasteiger partial charge is 0.245 e. The van der Waals surface area contributed by atoms with Gasteiger partial charge >= 0.3 is 0 Å². The molecule has 3 amide bonds. The molecule has 2 aromatic carbocycles. The molecule has 0 radical (unpaired) electrons. The first-order chi connectivity index (χ1) is 27.0. The molecular formula is C41H49ClFN9O3S. The molecule has 5 aromatic rings. The number of pyridine rings is 2. The minimum absolute atomic E-state index is 0.205. The van der Waals surface area contributed by atoms with Crippen LogP contribution < -0.4 is 27.8 Å². The number of H-pyrrole nitrogens is 1. The Kier molecular flexibility index (Phi) is 15.4. The summed E-state index contributed by atoms with van der Waals surface area (Å²) in [4.78, 5) is 54.5. The summed E-state index contributed by atoms with van der Waals surface area (Å²) < 4.78 is 13.8. The van der Waals surface area contributed by atoms with Gasteiger partial charge in [-0.3, -0.25) is 14.4 Å². The first kappa shape index (κ1) is 42.3. The molecule has 0 aliphatic rings. The van der Waals surface area contributed by atoms with Crippen LogP contribution in [0.3, 0.4) is 0 Å². The molecule has 0 saturated heterocycles. The van der Waals surface area contributed by atoms with Gasteiger partial charge in [-0.05, 0) is 104 Å². The van der Waals surface area contributed by atoms with Crippen LogP contribution in [-0.2, 0) is 27.3 Å². The van der Waals surface area contributed by atoms with Gasteiger partial charge in [0.25, 0.3) is 0 Å². The van der Waals surface area contributed by atoms with Crippen molar-refractivity contribution in [3.8, 4) is 11.1 Å². The van der Waals surface area contributed by atoms with Gasteiger partial charge in [0.15, 0.2) is 0 Å². The van der Waals surface area contributed by atoms with E-state index < -0.39 is 35.9 Å². The number of primary amides is 1. The maximum atomic E-state index is 14.1. The van der Waals surface area contributed by atoms with Gasteiger partial charge in [0.2, 0.25) is 23.7 Å². The van der Waals surface area contributed by atoms with E-state index >= 15 is 0 Å². The molecular weight excluding hydrogens is 753 g/mol. The summed E-state index contributed by atoms with van der Waals surface area (Å²) in [5, 5.41) is 8.46. The largest absolute Gasteiger partial charge is 0.368 e. The Balaban J connectivity index is 1.31. The Hall–Kier alpha value is -4.86. The molecule has 9 N–H and O–H groups in total. The zero-order valence-electron chi connectivity index (χ0n) is 31.6. The molecule has 3 aromatic heterocycles. The molecule has 0 fully saturated rings. The zero-order valence-corrected chi connectivity index (χ0v) is 33.1. The van der Waals surface area contributed by atoms with Gasteiger partial charge in [0.05, 0.1) is 11.1 Å². The molecule has 0 saturated carbocycles. The van der Waals surface area contributed by atoms with Crippen LogP contribution in [-0.4, -0.2) is 75.8 Å². The summed E-state index contributed by atoms with van der Waals surface area (Å²) in [6.45, 7) is 3.01. The molecule has 0 aliphatic carbocycles. The minimum Gasteiger partial charge on any atom is -0.368 e. The van der Waals surface area contributed by atoms with Crippen molar-refractivity contribution in [2.24, 2.45) is 17.2 Å². The predicted molar refractivity (Wildman–Crippen MR) is 219 cm³/mol. The summed E-state index contributed by atoms with van der Waals surface area (Å²) in [5.74, 6) is -2.02. The molecule has 5 rings (SSSR count). The quantitative estimate of drug-likeness (QED) is 0.0450. The SMILES string of the molecule is Cc1cc(-c2ccnc(F)c2)cc(Cl)c1Sc1ncccc1CN[C@@H](CCCN)C(=O)N[C@@H](CCCCN)C(=O)N(C)[C@@H](Cc1c[nH]c2ccccc12)C(N)=O. The Morgan fingerprint density at radius 2 is 1.70 bits per heavy atom. The number of para-hydroxylation sites is 1. The lowest BCUT2D eigenvalue weighted by molar-refractivity contribution is -0.141. The number of nitrogens with zero attached hydrogens (tertiary/aromatic N) is 3. The number of aryl methyl sites for hydroxylation is 1. The van der Waals surface area contributed by atoms with Crippen molar-refractivity contribution in [1.29, 1.82) is 0 Å². The molecule has 56 heavy (non-hydrogen) atoms. The van der Waals surface area contributed by atoms with Crippen LogP contribution >= 0.6 is 23.4 Å². The second-order valence-corrected chi connectivity index (χ2v) is 15.1. The number of aromatic nitrogens is 3. The van der Waals surface area contributed by atoms with Crippen molar-refractivity contribution < 1.29 is 18.8 Å². The number of hydrogen-bond acceptors (Lipinski definition) is 9. The van der Waals surface area contributed by atoms with Crippen molar-refractivity contribution in [3.05, 3.63) is 107 Å². The first-order valence-electron chi connectivity index (χ1n) is 18.6. The Morgan fingerprint density at radius 1 is 0.929 bits per heavy atom. The Bertz CT molecular complexity index is 2110. The Morgan fingerprint density at radius 3 is 2.43 bits per heavy atom. The monoisotopic (exact) mass is 801 g/mol. The number of unbranched alkanes of at least 4 members (excludes halogenated alkanes) is 1. The van der Waals surface area contributed by atoms with Gasteiger partial charge in [-0.2, -0.15) is 4.39 Å². The normalized spacial score (nSPS) is 13.0. The van der Waals surface area contributed by atoms with E-state index in [4.69, 9.17) is 28.8 Å². The molecule has 3 heterocycles. The van der Waals surface area contributed by atoms with E-state index in [2.05, 4.69) is 25.6 Å². The molecule has 296 valence electrons. The summed E-state index contributed by atoms with van der Waals surface area (Å²) >= 11 is 8.18. The standard InChI is InChI=1S/C41H49ClFN9O3S/c1-25-19-28(26-14-18-47-36(43)22-26)20-31(42)37(25)56-40-27(9-8-17-48-40)23-50-33(13-7-16-45)39(54)51-34(12-5-6-15-44)41(55)52(2)35(38(46)53)21-29-24-49-32-11-4-3-10-30(29)32/h3-4,8-11,14,17-20,22,24,33-35,49-50H,5-7,12-13,15-16,21,23,44-45H2,1-2H3,(H2,46,53)(H,51,54)/t33-,34-,35-/m0/s1. The van der Waals surface area contributed by atoms with E-state index in [1.165, 1.54) is 28.9 Å². The second kappa shape index (κ2) is 20.3. The van der Waals surface area contributed by atoms with Gasteiger partial charge in [0.1, 0.15) is 17.1 Å².